The molecule has 5 nitrogen and oxygen atoms in total. The normalized spacial score (nSPS) is 21.5. The number of aromatic nitrogens is 1. The van der Waals surface area contributed by atoms with Crippen LogP contribution in [-0.4, -0.2) is 63.8 Å². The highest BCUT2D eigenvalue weighted by atomic mass is 32.2. The minimum atomic E-state index is -0.237. The van der Waals surface area contributed by atoms with Gasteiger partial charge in [-0.15, -0.1) is 0 Å². The molecule has 2 aliphatic rings. The van der Waals surface area contributed by atoms with Gasteiger partial charge in [-0.05, 0) is 30.9 Å². The van der Waals surface area contributed by atoms with Gasteiger partial charge >= 0.3 is 0 Å². The van der Waals surface area contributed by atoms with Gasteiger partial charge in [0.25, 0.3) is 0 Å². The zero-order valence-electron chi connectivity index (χ0n) is 13.3. The van der Waals surface area contributed by atoms with Crippen molar-refractivity contribution in [3.63, 3.8) is 0 Å². The van der Waals surface area contributed by atoms with E-state index in [1.165, 1.54) is 0 Å². The zero-order chi connectivity index (χ0) is 16.1. The molecule has 2 aliphatic heterocycles. The number of thioether (sulfide) groups is 1. The number of rotatable bonds is 4. The molecule has 6 heteroatoms. The summed E-state index contributed by atoms with van der Waals surface area (Å²) in [6, 6.07) is 3.63. The SMILES string of the molecule is O=C([C@H]1CCCN1C(=O)CCc1cccnc1)N1CCSCC1. The van der Waals surface area contributed by atoms with E-state index < -0.39 is 0 Å². The van der Waals surface area contributed by atoms with Crippen LogP contribution in [0.4, 0.5) is 0 Å². The lowest BCUT2D eigenvalue weighted by molar-refractivity contribution is -0.143. The van der Waals surface area contributed by atoms with Crippen molar-refractivity contribution in [3.05, 3.63) is 30.1 Å². The van der Waals surface area contributed by atoms with Crippen molar-refractivity contribution in [2.75, 3.05) is 31.1 Å². The summed E-state index contributed by atoms with van der Waals surface area (Å²) in [4.78, 5) is 33.1. The van der Waals surface area contributed by atoms with Crippen LogP contribution in [0.3, 0.4) is 0 Å². The number of nitrogens with zero attached hydrogens (tertiary/aromatic N) is 3. The first-order valence-corrected chi connectivity index (χ1v) is 9.46. The molecular formula is C17H23N3O2S. The van der Waals surface area contributed by atoms with Crippen LogP contribution in [-0.2, 0) is 16.0 Å². The molecule has 23 heavy (non-hydrogen) atoms. The summed E-state index contributed by atoms with van der Waals surface area (Å²) >= 11 is 1.89. The third-order valence-electron chi connectivity index (χ3n) is 4.53. The number of carbonyl (C=O) groups excluding carboxylic acids is 2. The highest BCUT2D eigenvalue weighted by Crippen LogP contribution is 2.22. The quantitative estimate of drug-likeness (QED) is 0.839. The number of hydrogen-bond acceptors (Lipinski definition) is 4. The molecule has 1 atom stereocenters. The molecule has 1 aromatic rings. The molecule has 0 spiro atoms. The van der Waals surface area contributed by atoms with E-state index in [9.17, 15) is 9.59 Å². The Kier molecular flexibility index (Phi) is 5.54. The van der Waals surface area contributed by atoms with Gasteiger partial charge < -0.3 is 9.80 Å². The number of pyridine rings is 1. The monoisotopic (exact) mass is 333 g/mol. The summed E-state index contributed by atoms with van der Waals surface area (Å²) in [5.74, 6) is 2.26. The third kappa shape index (κ3) is 4.05. The number of hydrogen-bond donors (Lipinski definition) is 0. The molecule has 0 unspecified atom stereocenters. The van der Waals surface area contributed by atoms with E-state index in [-0.39, 0.29) is 17.9 Å². The van der Waals surface area contributed by atoms with Crippen molar-refractivity contribution < 1.29 is 9.59 Å². The van der Waals surface area contributed by atoms with Crippen LogP contribution in [0.2, 0.25) is 0 Å². The number of likely N-dealkylation sites (tertiary alicyclic amines) is 1. The van der Waals surface area contributed by atoms with E-state index in [1.54, 1.807) is 17.3 Å². The zero-order valence-corrected chi connectivity index (χ0v) is 14.1. The fraction of sp³-hybridized carbons (Fsp3) is 0.588. The molecule has 0 radical (unpaired) electrons. The Hall–Kier alpha value is -1.56. The predicted molar refractivity (Wildman–Crippen MR) is 91.2 cm³/mol. The molecule has 1 aromatic heterocycles. The molecule has 2 amide bonds. The second kappa shape index (κ2) is 7.81. The van der Waals surface area contributed by atoms with Crippen molar-refractivity contribution >= 4 is 23.6 Å². The maximum Gasteiger partial charge on any atom is 0.245 e. The van der Waals surface area contributed by atoms with Crippen molar-refractivity contribution in [2.45, 2.75) is 31.7 Å². The maximum absolute atomic E-state index is 12.7. The van der Waals surface area contributed by atoms with E-state index >= 15 is 0 Å². The van der Waals surface area contributed by atoms with Gasteiger partial charge in [0.1, 0.15) is 6.04 Å². The molecule has 0 aromatic carbocycles. The molecule has 3 heterocycles. The third-order valence-corrected chi connectivity index (χ3v) is 5.47. The largest absolute Gasteiger partial charge is 0.339 e. The Morgan fingerprint density at radius 3 is 2.83 bits per heavy atom. The first-order valence-electron chi connectivity index (χ1n) is 8.30. The fourth-order valence-corrected chi connectivity index (χ4v) is 4.16. The van der Waals surface area contributed by atoms with Crippen LogP contribution in [0, 0.1) is 0 Å². The Labute approximate surface area is 141 Å². The van der Waals surface area contributed by atoms with Crippen LogP contribution in [0.1, 0.15) is 24.8 Å². The second-order valence-electron chi connectivity index (χ2n) is 6.04. The van der Waals surface area contributed by atoms with Crippen LogP contribution < -0.4 is 0 Å². The van der Waals surface area contributed by atoms with Gasteiger partial charge in [0.05, 0.1) is 0 Å². The molecule has 0 N–H and O–H groups in total. The minimum absolute atomic E-state index is 0.0936. The molecule has 3 rings (SSSR count). The van der Waals surface area contributed by atoms with Gasteiger partial charge in [-0.25, -0.2) is 0 Å². The molecule has 124 valence electrons. The minimum Gasteiger partial charge on any atom is -0.339 e. The summed E-state index contributed by atoms with van der Waals surface area (Å²) in [6.07, 6.45) is 6.40. The number of carbonyl (C=O) groups is 2. The average molecular weight is 333 g/mol. The lowest BCUT2D eigenvalue weighted by Crippen LogP contribution is -2.50. The van der Waals surface area contributed by atoms with E-state index in [2.05, 4.69) is 4.98 Å². The van der Waals surface area contributed by atoms with Crippen molar-refractivity contribution in [2.24, 2.45) is 0 Å². The van der Waals surface area contributed by atoms with Crippen LogP contribution in [0.25, 0.3) is 0 Å². The van der Waals surface area contributed by atoms with Crippen molar-refractivity contribution in [1.29, 1.82) is 0 Å². The standard InChI is InChI=1S/C17H23N3O2S/c21-16(6-5-14-3-1-7-18-13-14)20-8-2-4-15(20)17(22)19-9-11-23-12-10-19/h1,3,7,13,15H,2,4-6,8-12H2/t15-/m1/s1. The Morgan fingerprint density at radius 2 is 2.09 bits per heavy atom. The van der Waals surface area contributed by atoms with Crippen LogP contribution in [0.15, 0.2) is 24.5 Å². The van der Waals surface area contributed by atoms with Gasteiger partial charge in [0.15, 0.2) is 0 Å². The smallest absolute Gasteiger partial charge is 0.245 e. The Morgan fingerprint density at radius 1 is 1.26 bits per heavy atom. The predicted octanol–water partition coefficient (Wildman–Crippen LogP) is 1.58. The topological polar surface area (TPSA) is 53.5 Å². The Bertz CT molecular complexity index is 546. The lowest BCUT2D eigenvalue weighted by Gasteiger charge is -2.32. The van der Waals surface area contributed by atoms with Gasteiger partial charge in [-0.3, -0.25) is 14.6 Å². The Balaban J connectivity index is 1.57. The summed E-state index contributed by atoms with van der Waals surface area (Å²) in [6.45, 7) is 2.35. The van der Waals surface area contributed by atoms with Crippen molar-refractivity contribution in [3.8, 4) is 0 Å². The molecule has 0 saturated carbocycles. The maximum atomic E-state index is 12.7. The molecule has 2 fully saturated rings. The lowest BCUT2D eigenvalue weighted by atomic mass is 10.1. The van der Waals surface area contributed by atoms with E-state index in [4.69, 9.17) is 0 Å². The fourth-order valence-electron chi connectivity index (χ4n) is 3.26. The molecular weight excluding hydrogens is 310 g/mol. The summed E-state index contributed by atoms with van der Waals surface area (Å²) < 4.78 is 0. The number of aryl methyl sites for hydroxylation is 1. The molecule has 2 saturated heterocycles. The molecule has 0 bridgehead atoms. The number of amides is 2. The second-order valence-corrected chi connectivity index (χ2v) is 7.27. The highest BCUT2D eigenvalue weighted by molar-refractivity contribution is 7.99. The van der Waals surface area contributed by atoms with E-state index in [1.807, 2.05) is 28.8 Å². The van der Waals surface area contributed by atoms with Crippen molar-refractivity contribution in [1.82, 2.24) is 14.8 Å². The molecule has 0 aliphatic carbocycles. The highest BCUT2D eigenvalue weighted by Gasteiger charge is 2.36. The first kappa shape index (κ1) is 16.3. The van der Waals surface area contributed by atoms with E-state index in [0.717, 1.165) is 43.0 Å². The summed E-state index contributed by atoms with van der Waals surface area (Å²) in [7, 11) is 0. The van der Waals surface area contributed by atoms with Crippen LogP contribution >= 0.6 is 11.8 Å². The van der Waals surface area contributed by atoms with Gasteiger partial charge in [0, 0.05) is 50.0 Å². The van der Waals surface area contributed by atoms with Gasteiger partial charge in [-0.2, -0.15) is 11.8 Å². The summed E-state index contributed by atoms with van der Waals surface area (Å²) in [5, 5.41) is 0. The van der Waals surface area contributed by atoms with E-state index in [0.29, 0.717) is 19.4 Å². The van der Waals surface area contributed by atoms with Gasteiger partial charge in [0.2, 0.25) is 11.8 Å². The van der Waals surface area contributed by atoms with Crippen LogP contribution in [0.5, 0.6) is 0 Å². The first-order chi connectivity index (χ1) is 11.3. The average Bonchev–Trinajstić information content (AvgIpc) is 3.10. The summed E-state index contributed by atoms with van der Waals surface area (Å²) in [5.41, 5.74) is 1.07. The van der Waals surface area contributed by atoms with Gasteiger partial charge in [-0.1, -0.05) is 6.07 Å².